The largest absolute Gasteiger partial charge is 0.507 e. The number of amidine groups is 1. The van der Waals surface area contributed by atoms with Crippen LogP contribution in [-0.4, -0.2) is 16.7 Å². The van der Waals surface area contributed by atoms with E-state index in [0.29, 0.717) is 34.6 Å². The lowest BCUT2D eigenvalue weighted by molar-refractivity contribution is -0.118. The fraction of sp³-hybridized carbons (Fsp3) is 0.200. The van der Waals surface area contributed by atoms with Gasteiger partial charge in [-0.05, 0) is 41.7 Å². The molecule has 5 rings (SSSR count). The Morgan fingerprint density at radius 3 is 2.17 bits per heavy atom. The van der Waals surface area contributed by atoms with Gasteiger partial charge in [-0.15, -0.1) is 0 Å². The maximum Gasteiger partial charge on any atom is 0.162 e. The number of nitrogens with zero attached hydrogens (tertiary/aromatic N) is 1. The molecule has 0 saturated carbocycles. The van der Waals surface area contributed by atoms with Crippen molar-refractivity contribution in [3.05, 3.63) is 118 Å². The Hall–Kier alpha value is -3.63. The first kappa shape index (κ1) is 23.1. The monoisotopic (exact) mass is 482 g/mol. The minimum atomic E-state index is -0.571. The Labute approximate surface area is 210 Å². The number of Topliss-reactive ketones (excluding diaryl/α,β-unsaturated/α-hetero) is 1. The number of para-hydroxylation sites is 1. The molecule has 1 aliphatic heterocycles. The number of aliphatic hydroxyl groups is 1. The van der Waals surface area contributed by atoms with Crippen LogP contribution in [0.15, 0.2) is 102 Å². The van der Waals surface area contributed by atoms with E-state index in [1.54, 1.807) is 12.1 Å². The Morgan fingerprint density at radius 1 is 0.943 bits per heavy atom. The molecule has 35 heavy (non-hydrogen) atoms. The van der Waals surface area contributed by atoms with Crippen LogP contribution in [0.3, 0.4) is 0 Å². The van der Waals surface area contributed by atoms with Gasteiger partial charge in [0.25, 0.3) is 0 Å². The first-order valence-corrected chi connectivity index (χ1v) is 12.1. The summed E-state index contributed by atoms with van der Waals surface area (Å²) in [5.74, 6) is -0.357. The van der Waals surface area contributed by atoms with Gasteiger partial charge in [0.1, 0.15) is 11.6 Å². The molecule has 0 aromatic heterocycles. The highest BCUT2D eigenvalue weighted by Crippen LogP contribution is 2.51. The van der Waals surface area contributed by atoms with Crippen LogP contribution in [0.5, 0.6) is 0 Å². The molecule has 0 amide bonds. The summed E-state index contributed by atoms with van der Waals surface area (Å²) in [6.45, 7) is 4.18. The number of aliphatic hydroxyl groups excluding tert-OH is 1. The van der Waals surface area contributed by atoms with Gasteiger partial charge in [0.15, 0.2) is 5.78 Å². The highest BCUT2D eigenvalue weighted by Gasteiger charge is 2.46. The van der Waals surface area contributed by atoms with Crippen LogP contribution < -0.4 is 4.90 Å². The number of hydrogen-bond acceptors (Lipinski definition) is 3. The highest BCUT2D eigenvalue weighted by atomic mass is 35.5. The quantitative estimate of drug-likeness (QED) is 0.379. The molecule has 0 unspecified atom stereocenters. The molecule has 3 aromatic carbocycles. The van der Waals surface area contributed by atoms with Gasteiger partial charge < -0.3 is 5.11 Å². The summed E-state index contributed by atoms with van der Waals surface area (Å²) in [6, 6.07) is 26.2. The van der Waals surface area contributed by atoms with E-state index in [4.69, 9.17) is 11.6 Å². The number of carbonyl (C=O) groups excluding carboxylic acids is 1. The molecule has 4 nitrogen and oxygen atoms in total. The molecule has 1 heterocycles. The average Bonchev–Trinajstić information content (AvgIpc) is 2.84. The number of hydrogen-bond donors (Lipinski definition) is 2. The molecule has 2 aliphatic rings. The molecule has 176 valence electrons. The number of nitrogens with one attached hydrogen (secondary N) is 1. The summed E-state index contributed by atoms with van der Waals surface area (Å²) < 4.78 is 0. The lowest BCUT2D eigenvalue weighted by Gasteiger charge is -2.45. The minimum absolute atomic E-state index is 0.000616. The Morgan fingerprint density at radius 2 is 1.54 bits per heavy atom. The van der Waals surface area contributed by atoms with Crippen LogP contribution in [0.4, 0.5) is 5.69 Å². The molecule has 0 bridgehead atoms. The molecule has 1 aliphatic carbocycles. The first-order valence-electron chi connectivity index (χ1n) is 11.7. The molecule has 3 aromatic rings. The van der Waals surface area contributed by atoms with E-state index in [-0.39, 0.29) is 22.8 Å². The van der Waals surface area contributed by atoms with Crippen LogP contribution in [0.25, 0.3) is 5.76 Å². The Bertz CT molecular complexity index is 1360. The molecule has 0 saturated heterocycles. The van der Waals surface area contributed by atoms with E-state index in [9.17, 15) is 15.3 Å². The topological polar surface area (TPSA) is 64.4 Å². The summed E-state index contributed by atoms with van der Waals surface area (Å²) in [5.41, 5.74) is 3.86. The van der Waals surface area contributed by atoms with Crippen molar-refractivity contribution in [2.75, 3.05) is 4.90 Å². The van der Waals surface area contributed by atoms with Gasteiger partial charge in [-0.3, -0.25) is 15.1 Å². The van der Waals surface area contributed by atoms with E-state index < -0.39 is 5.92 Å². The van der Waals surface area contributed by atoms with Crippen LogP contribution in [0, 0.1) is 10.8 Å². The average molecular weight is 483 g/mol. The van der Waals surface area contributed by atoms with Crippen LogP contribution in [0.1, 0.15) is 43.7 Å². The predicted octanol–water partition coefficient (Wildman–Crippen LogP) is 7.53. The highest BCUT2D eigenvalue weighted by molar-refractivity contribution is 6.30. The fourth-order valence-corrected chi connectivity index (χ4v) is 5.34. The minimum Gasteiger partial charge on any atom is -0.507 e. The van der Waals surface area contributed by atoms with Crippen molar-refractivity contribution < 1.29 is 9.90 Å². The van der Waals surface area contributed by atoms with Crippen molar-refractivity contribution in [3.63, 3.8) is 0 Å². The second-order valence-electron chi connectivity index (χ2n) is 9.93. The van der Waals surface area contributed by atoms with E-state index in [0.717, 1.165) is 16.9 Å². The lowest BCUT2D eigenvalue weighted by Crippen LogP contribution is -2.45. The smallest absolute Gasteiger partial charge is 0.162 e. The van der Waals surface area contributed by atoms with Gasteiger partial charge in [-0.1, -0.05) is 86.1 Å². The first-order chi connectivity index (χ1) is 16.8. The number of rotatable bonds is 3. The third-order valence-corrected chi connectivity index (χ3v) is 6.99. The normalized spacial score (nSPS) is 21.1. The van der Waals surface area contributed by atoms with Gasteiger partial charge in [-0.2, -0.15) is 0 Å². The van der Waals surface area contributed by atoms with Crippen LogP contribution in [-0.2, 0) is 4.79 Å². The third kappa shape index (κ3) is 4.19. The molecular formula is C30H27ClN2O2. The molecule has 2 N–H and O–H groups in total. The number of allylic oxidation sites excluding steroid dienone is 2. The zero-order valence-corrected chi connectivity index (χ0v) is 20.5. The van der Waals surface area contributed by atoms with Gasteiger partial charge in [-0.25, -0.2) is 0 Å². The van der Waals surface area contributed by atoms with E-state index >= 15 is 0 Å². The number of carbonyl (C=O) groups is 1. The molecule has 0 fully saturated rings. The summed E-state index contributed by atoms with van der Waals surface area (Å²) in [5, 5.41) is 21.6. The summed E-state index contributed by atoms with van der Waals surface area (Å²) in [6.07, 6.45) is 1.06. The van der Waals surface area contributed by atoms with Crippen molar-refractivity contribution in [1.82, 2.24) is 0 Å². The van der Waals surface area contributed by atoms with Gasteiger partial charge in [0, 0.05) is 45.5 Å². The van der Waals surface area contributed by atoms with Gasteiger partial charge >= 0.3 is 0 Å². The number of ketones is 1. The van der Waals surface area contributed by atoms with Crippen molar-refractivity contribution in [1.29, 1.82) is 5.41 Å². The Kier molecular flexibility index (Phi) is 5.86. The number of halogens is 1. The molecule has 1 atom stereocenters. The zero-order valence-electron chi connectivity index (χ0n) is 19.8. The second kappa shape index (κ2) is 8.86. The van der Waals surface area contributed by atoms with Crippen molar-refractivity contribution in [3.8, 4) is 0 Å². The van der Waals surface area contributed by atoms with Gasteiger partial charge in [0.2, 0.25) is 0 Å². The predicted molar refractivity (Wildman–Crippen MR) is 142 cm³/mol. The third-order valence-electron chi connectivity index (χ3n) is 6.74. The molecule has 5 heteroatoms. The van der Waals surface area contributed by atoms with E-state index in [2.05, 4.69) is 13.8 Å². The van der Waals surface area contributed by atoms with Crippen molar-refractivity contribution in [2.24, 2.45) is 5.41 Å². The van der Waals surface area contributed by atoms with Crippen LogP contribution in [0.2, 0.25) is 5.02 Å². The maximum absolute atomic E-state index is 13.8. The second-order valence-corrected chi connectivity index (χ2v) is 10.4. The van der Waals surface area contributed by atoms with Crippen LogP contribution >= 0.6 is 11.6 Å². The lowest BCUT2D eigenvalue weighted by atomic mass is 9.67. The summed E-state index contributed by atoms with van der Waals surface area (Å²) in [4.78, 5) is 15.6. The van der Waals surface area contributed by atoms with Crippen molar-refractivity contribution in [2.45, 2.75) is 32.6 Å². The van der Waals surface area contributed by atoms with E-state index in [1.165, 1.54) is 0 Å². The Balaban J connectivity index is 1.85. The fourth-order valence-electron chi connectivity index (χ4n) is 5.22. The standard InChI is InChI=1S/C30H27ClN2O2/c1-30(2)17-23-26(24(34)18-30)25(19-13-15-21(31)16-14-19)27(28(35)20-9-5-3-6-10-20)29(32)33(23)22-11-7-4-8-12-22/h3-16,25,32,35H,17-18H2,1-2H3/t25-/m1/s1. The number of benzene rings is 3. The van der Waals surface area contributed by atoms with Gasteiger partial charge in [0.05, 0.1) is 0 Å². The molecular weight excluding hydrogens is 456 g/mol. The summed E-state index contributed by atoms with van der Waals surface area (Å²) in [7, 11) is 0. The van der Waals surface area contributed by atoms with E-state index in [1.807, 2.05) is 77.7 Å². The molecule has 0 radical (unpaired) electrons. The SMILES string of the molecule is CC1(C)CC(=O)C2=C(C1)N(c1ccccc1)C(=N)C(=C(O)c1ccccc1)[C@@H]2c1ccc(Cl)cc1. The molecule has 0 spiro atoms. The maximum atomic E-state index is 13.8. The summed E-state index contributed by atoms with van der Waals surface area (Å²) >= 11 is 6.19. The van der Waals surface area contributed by atoms with Crippen molar-refractivity contribution >= 4 is 34.7 Å². The zero-order chi connectivity index (χ0) is 24.7. The number of anilines is 1.